The van der Waals surface area contributed by atoms with E-state index in [1.54, 1.807) is 12.1 Å². The molecule has 3 aromatic rings. The van der Waals surface area contributed by atoms with E-state index < -0.39 is 17.4 Å². The summed E-state index contributed by atoms with van der Waals surface area (Å²) in [5.74, 6) is -0.871. The molecule has 29 heavy (non-hydrogen) atoms. The second kappa shape index (κ2) is 8.93. The van der Waals surface area contributed by atoms with Crippen molar-refractivity contribution in [2.75, 3.05) is 0 Å². The molecule has 0 spiro atoms. The number of hydrogen-bond acceptors (Lipinski definition) is 2. The van der Waals surface area contributed by atoms with Gasteiger partial charge in [-0.25, -0.2) is 0 Å². The fourth-order valence-corrected chi connectivity index (χ4v) is 3.48. The van der Waals surface area contributed by atoms with Gasteiger partial charge < -0.3 is 11.1 Å². The van der Waals surface area contributed by atoms with Crippen molar-refractivity contribution in [3.05, 3.63) is 107 Å². The highest BCUT2D eigenvalue weighted by Crippen LogP contribution is 2.32. The van der Waals surface area contributed by atoms with Gasteiger partial charge in [-0.15, -0.1) is 0 Å². The maximum atomic E-state index is 13.5. The van der Waals surface area contributed by atoms with Gasteiger partial charge in [-0.3, -0.25) is 9.59 Å². The van der Waals surface area contributed by atoms with Gasteiger partial charge in [0, 0.05) is 11.4 Å². The molecule has 0 heterocycles. The monoisotopic (exact) mass is 406 g/mol. The van der Waals surface area contributed by atoms with Crippen LogP contribution in [0.5, 0.6) is 0 Å². The van der Waals surface area contributed by atoms with E-state index in [9.17, 15) is 9.59 Å². The Morgan fingerprint density at radius 2 is 1.38 bits per heavy atom. The SMILES string of the molecule is CC(C(=O)N[C@@H](Cc1ccc(Cl)cc1)C(N)=O)(c1ccccc1)c1ccccc1. The Morgan fingerprint density at radius 3 is 1.83 bits per heavy atom. The Kier molecular flexibility index (Phi) is 6.35. The molecule has 0 saturated heterocycles. The summed E-state index contributed by atoms with van der Waals surface area (Å²) in [5, 5.41) is 3.48. The fraction of sp³-hybridized carbons (Fsp3) is 0.167. The number of halogens is 1. The minimum Gasteiger partial charge on any atom is -0.368 e. The van der Waals surface area contributed by atoms with Crippen molar-refractivity contribution in [3.8, 4) is 0 Å². The summed E-state index contributed by atoms with van der Waals surface area (Å²) in [7, 11) is 0. The Labute approximate surface area is 175 Å². The van der Waals surface area contributed by atoms with Gasteiger partial charge in [-0.05, 0) is 35.7 Å². The average molecular weight is 407 g/mol. The summed E-state index contributed by atoms with van der Waals surface area (Å²) in [4.78, 5) is 25.6. The first kappa shape index (κ1) is 20.6. The van der Waals surface area contributed by atoms with E-state index in [-0.39, 0.29) is 12.3 Å². The molecule has 2 amide bonds. The lowest BCUT2D eigenvalue weighted by molar-refractivity contribution is -0.129. The van der Waals surface area contributed by atoms with Crippen LogP contribution < -0.4 is 11.1 Å². The molecule has 4 nitrogen and oxygen atoms in total. The number of carbonyl (C=O) groups is 2. The van der Waals surface area contributed by atoms with Gasteiger partial charge in [0.25, 0.3) is 0 Å². The Hall–Kier alpha value is -3.11. The Balaban J connectivity index is 1.92. The molecule has 0 saturated carbocycles. The zero-order valence-electron chi connectivity index (χ0n) is 16.1. The largest absolute Gasteiger partial charge is 0.368 e. The molecule has 0 aliphatic carbocycles. The summed E-state index contributed by atoms with van der Waals surface area (Å²) in [6, 6.07) is 25.3. The zero-order chi connectivity index (χ0) is 20.9. The summed E-state index contributed by atoms with van der Waals surface area (Å²) >= 11 is 5.93. The van der Waals surface area contributed by atoms with Crippen LogP contribution in [0.2, 0.25) is 5.02 Å². The first-order valence-corrected chi connectivity index (χ1v) is 9.75. The predicted octanol–water partition coefficient (Wildman–Crippen LogP) is 3.86. The Bertz CT molecular complexity index is 933. The molecule has 0 aliphatic heterocycles. The lowest BCUT2D eigenvalue weighted by Gasteiger charge is -2.31. The van der Waals surface area contributed by atoms with E-state index in [1.165, 1.54) is 0 Å². The van der Waals surface area contributed by atoms with Crippen LogP contribution in [-0.4, -0.2) is 17.9 Å². The van der Waals surface area contributed by atoms with Crippen molar-refractivity contribution in [1.82, 2.24) is 5.32 Å². The van der Waals surface area contributed by atoms with E-state index in [1.807, 2.05) is 79.7 Å². The summed E-state index contributed by atoms with van der Waals surface area (Å²) < 4.78 is 0. The molecule has 148 valence electrons. The summed E-state index contributed by atoms with van der Waals surface area (Å²) in [6.07, 6.45) is 0.290. The number of rotatable bonds is 7. The first-order chi connectivity index (χ1) is 13.9. The van der Waals surface area contributed by atoms with Gasteiger partial charge in [-0.2, -0.15) is 0 Å². The molecule has 0 aliphatic rings. The molecule has 3 N–H and O–H groups in total. The van der Waals surface area contributed by atoms with E-state index in [4.69, 9.17) is 17.3 Å². The third-order valence-electron chi connectivity index (χ3n) is 5.16. The molecule has 0 radical (unpaired) electrons. The number of nitrogens with one attached hydrogen (secondary N) is 1. The molecule has 3 rings (SSSR count). The van der Waals surface area contributed by atoms with E-state index in [0.29, 0.717) is 5.02 Å². The molecule has 3 aromatic carbocycles. The zero-order valence-corrected chi connectivity index (χ0v) is 16.9. The van der Waals surface area contributed by atoms with Gasteiger partial charge in [-0.1, -0.05) is 84.4 Å². The molecular weight excluding hydrogens is 384 g/mol. The van der Waals surface area contributed by atoms with E-state index >= 15 is 0 Å². The van der Waals surface area contributed by atoms with Crippen molar-refractivity contribution in [2.45, 2.75) is 24.8 Å². The van der Waals surface area contributed by atoms with Crippen molar-refractivity contribution >= 4 is 23.4 Å². The molecular formula is C24H23ClN2O2. The number of hydrogen-bond donors (Lipinski definition) is 2. The predicted molar refractivity (Wildman–Crippen MR) is 116 cm³/mol. The number of amides is 2. The van der Waals surface area contributed by atoms with Crippen molar-refractivity contribution in [3.63, 3.8) is 0 Å². The van der Waals surface area contributed by atoms with Crippen LogP contribution in [-0.2, 0) is 21.4 Å². The average Bonchev–Trinajstić information content (AvgIpc) is 2.75. The number of primary amides is 1. The maximum Gasteiger partial charge on any atom is 0.240 e. The minimum absolute atomic E-state index is 0.285. The highest BCUT2D eigenvalue weighted by Gasteiger charge is 2.38. The first-order valence-electron chi connectivity index (χ1n) is 9.37. The van der Waals surface area contributed by atoms with Gasteiger partial charge in [0.1, 0.15) is 6.04 Å². The molecule has 0 aromatic heterocycles. The van der Waals surface area contributed by atoms with Crippen molar-refractivity contribution in [1.29, 1.82) is 0 Å². The molecule has 5 heteroatoms. The van der Waals surface area contributed by atoms with Crippen LogP contribution in [0.1, 0.15) is 23.6 Å². The second-order valence-electron chi connectivity index (χ2n) is 7.12. The van der Waals surface area contributed by atoms with Gasteiger partial charge in [0.2, 0.25) is 11.8 Å². The summed E-state index contributed by atoms with van der Waals surface area (Å²) in [5.41, 5.74) is 7.15. The molecule has 1 atom stereocenters. The van der Waals surface area contributed by atoms with Gasteiger partial charge in [0.05, 0.1) is 5.41 Å². The van der Waals surface area contributed by atoms with Crippen LogP contribution in [0.3, 0.4) is 0 Å². The third kappa shape index (κ3) is 4.66. The molecule has 0 fully saturated rings. The van der Waals surface area contributed by atoms with Crippen LogP contribution in [0.15, 0.2) is 84.9 Å². The van der Waals surface area contributed by atoms with Crippen LogP contribution >= 0.6 is 11.6 Å². The van der Waals surface area contributed by atoms with E-state index in [0.717, 1.165) is 16.7 Å². The van der Waals surface area contributed by atoms with Crippen LogP contribution in [0, 0.1) is 0 Å². The fourth-order valence-electron chi connectivity index (χ4n) is 3.35. The van der Waals surface area contributed by atoms with Gasteiger partial charge >= 0.3 is 0 Å². The third-order valence-corrected chi connectivity index (χ3v) is 5.41. The highest BCUT2D eigenvalue weighted by atomic mass is 35.5. The van der Waals surface area contributed by atoms with Crippen LogP contribution in [0.25, 0.3) is 0 Å². The lowest BCUT2D eigenvalue weighted by atomic mass is 9.75. The molecule has 0 unspecified atom stereocenters. The minimum atomic E-state index is -0.976. The van der Waals surface area contributed by atoms with Crippen LogP contribution in [0.4, 0.5) is 0 Å². The standard InChI is InChI=1S/C24H23ClN2O2/c1-24(18-8-4-2-5-9-18,19-10-6-3-7-11-19)23(29)27-21(22(26)28)16-17-12-14-20(25)15-13-17/h2-15,21H,16H2,1H3,(H2,26,28)(H,27,29)/t21-/m0/s1. The smallest absolute Gasteiger partial charge is 0.240 e. The number of carbonyl (C=O) groups excluding carboxylic acids is 2. The van der Waals surface area contributed by atoms with E-state index in [2.05, 4.69) is 5.32 Å². The van der Waals surface area contributed by atoms with Gasteiger partial charge in [0.15, 0.2) is 0 Å². The quantitative estimate of drug-likeness (QED) is 0.625. The second-order valence-corrected chi connectivity index (χ2v) is 7.55. The maximum absolute atomic E-state index is 13.5. The lowest BCUT2D eigenvalue weighted by Crippen LogP contribution is -2.52. The Morgan fingerprint density at radius 1 is 0.897 bits per heavy atom. The summed E-state index contributed by atoms with van der Waals surface area (Å²) in [6.45, 7) is 1.85. The number of nitrogens with two attached hydrogens (primary N) is 1. The topological polar surface area (TPSA) is 72.2 Å². The highest BCUT2D eigenvalue weighted by molar-refractivity contribution is 6.30. The van der Waals surface area contributed by atoms with Crippen molar-refractivity contribution in [2.24, 2.45) is 5.73 Å². The number of benzene rings is 3. The molecule has 0 bridgehead atoms. The van der Waals surface area contributed by atoms with Crippen molar-refractivity contribution < 1.29 is 9.59 Å². The normalized spacial score (nSPS) is 12.2.